The van der Waals surface area contributed by atoms with Crippen molar-refractivity contribution in [3.63, 3.8) is 0 Å². The Morgan fingerprint density at radius 2 is 1.87 bits per heavy atom. The zero-order valence-corrected chi connectivity index (χ0v) is 9.82. The second-order valence-electron chi connectivity index (χ2n) is 4.29. The summed E-state index contributed by atoms with van der Waals surface area (Å²) in [6, 6.07) is 10.6. The molecule has 1 heteroatoms. The molecule has 0 spiro atoms. The van der Waals surface area contributed by atoms with Gasteiger partial charge in [0.25, 0.3) is 0 Å². The van der Waals surface area contributed by atoms with Gasteiger partial charge in [-0.05, 0) is 37.7 Å². The van der Waals surface area contributed by atoms with Crippen LogP contribution in [0.2, 0.25) is 0 Å². The summed E-state index contributed by atoms with van der Waals surface area (Å²) < 4.78 is 0. The van der Waals surface area contributed by atoms with E-state index in [4.69, 9.17) is 0 Å². The van der Waals surface area contributed by atoms with E-state index in [0.29, 0.717) is 5.92 Å². The summed E-state index contributed by atoms with van der Waals surface area (Å²) in [5, 5.41) is 9.51. The molecule has 0 aliphatic rings. The van der Waals surface area contributed by atoms with Gasteiger partial charge in [0.15, 0.2) is 0 Å². The lowest BCUT2D eigenvalue weighted by Gasteiger charge is -2.17. The van der Waals surface area contributed by atoms with Crippen LogP contribution in [0.5, 0.6) is 0 Å². The van der Waals surface area contributed by atoms with Crippen molar-refractivity contribution in [2.45, 2.75) is 45.6 Å². The standard InChI is InChI=1S/C14H22O/c1-3-14(12(2)15)11-7-10-13-8-5-4-6-9-13/h4-6,8-9,12,14-15H,3,7,10-11H2,1-2H3. The van der Waals surface area contributed by atoms with Gasteiger partial charge in [-0.15, -0.1) is 0 Å². The van der Waals surface area contributed by atoms with Crippen molar-refractivity contribution < 1.29 is 5.11 Å². The first kappa shape index (κ1) is 12.3. The van der Waals surface area contributed by atoms with E-state index in [0.717, 1.165) is 19.3 Å². The molecule has 1 aromatic carbocycles. The van der Waals surface area contributed by atoms with Gasteiger partial charge < -0.3 is 5.11 Å². The third kappa shape index (κ3) is 4.48. The molecular weight excluding hydrogens is 184 g/mol. The lowest BCUT2D eigenvalue weighted by Crippen LogP contribution is -2.15. The Kier molecular flexibility index (Phi) is 5.41. The fraction of sp³-hybridized carbons (Fsp3) is 0.571. The summed E-state index contributed by atoms with van der Waals surface area (Å²) in [5.74, 6) is 0.466. The van der Waals surface area contributed by atoms with Gasteiger partial charge in [0, 0.05) is 0 Å². The van der Waals surface area contributed by atoms with Gasteiger partial charge in [-0.25, -0.2) is 0 Å². The molecule has 0 saturated heterocycles. The normalized spacial score (nSPS) is 14.9. The largest absolute Gasteiger partial charge is 0.393 e. The van der Waals surface area contributed by atoms with E-state index in [1.54, 1.807) is 0 Å². The number of rotatable bonds is 6. The molecule has 0 amide bonds. The molecule has 0 fully saturated rings. The summed E-state index contributed by atoms with van der Waals surface area (Å²) in [4.78, 5) is 0. The van der Waals surface area contributed by atoms with Crippen molar-refractivity contribution in [3.8, 4) is 0 Å². The van der Waals surface area contributed by atoms with Crippen molar-refractivity contribution in [3.05, 3.63) is 35.9 Å². The van der Waals surface area contributed by atoms with Gasteiger partial charge >= 0.3 is 0 Å². The molecule has 1 rings (SSSR count). The Morgan fingerprint density at radius 1 is 1.20 bits per heavy atom. The van der Waals surface area contributed by atoms with E-state index in [9.17, 15) is 5.11 Å². The first-order chi connectivity index (χ1) is 7.24. The molecule has 2 unspecified atom stereocenters. The molecule has 84 valence electrons. The van der Waals surface area contributed by atoms with E-state index in [1.165, 1.54) is 12.0 Å². The maximum absolute atomic E-state index is 9.51. The van der Waals surface area contributed by atoms with Crippen LogP contribution in [0.15, 0.2) is 30.3 Å². The van der Waals surface area contributed by atoms with Crippen LogP contribution in [0.1, 0.15) is 38.7 Å². The summed E-state index contributed by atoms with van der Waals surface area (Å²) in [5.41, 5.74) is 1.40. The van der Waals surface area contributed by atoms with Crippen LogP contribution in [0.25, 0.3) is 0 Å². The van der Waals surface area contributed by atoms with Crippen molar-refractivity contribution >= 4 is 0 Å². The maximum Gasteiger partial charge on any atom is 0.0540 e. The topological polar surface area (TPSA) is 20.2 Å². The maximum atomic E-state index is 9.51. The van der Waals surface area contributed by atoms with Crippen LogP contribution in [-0.2, 0) is 6.42 Å². The number of hydrogen-bond donors (Lipinski definition) is 1. The third-order valence-corrected chi connectivity index (χ3v) is 3.09. The molecule has 0 radical (unpaired) electrons. The van der Waals surface area contributed by atoms with Gasteiger partial charge in [0.1, 0.15) is 0 Å². The van der Waals surface area contributed by atoms with E-state index in [-0.39, 0.29) is 6.10 Å². The highest BCUT2D eigenvalue weighted by atomic mass is 16.3. The van der Waals surface area contributed by atoms with Gasteiger partial charge in [0.05, 0.1) is 6.10 Å². The number of aliphatic hydroxyl groups excluding tert-OH is 1. The summed E-state index contributed by atoms with van der Waals surface area (Å²) in [6.07, 6.45) is 4.35. The summed E-state index contributed by atoms with van der Waals surface area (Å²) in [7, 11) is 0. The van der Waals surface area contributed by atoms with Gasteiger partial charge in [0.2, 0.25) is 0 Å². The monoisotopic (exact) mass is 206 g/mol. The predicted molar refractivity (Wildman–Crippen MR) is 64.8 cm³/mol. The molecule has 1 N–H and O–H groups in total. The molecule has 0 saturated carbocycles. The molecule has 1 nitrogen and oxygen atoms in total. The molecular formula is C14H22O. The van der Waals surface area contributed by atoms with E-state index in [2.05, 4.69) is 31.2 Å². The van der Waals surface area contributed by atoms with E-state index < -0.39 is 0 Å². The Hall–Kier alpha value is -0.820. The molecule has 0 heterocycles. The highest BCUT2D eigenvalue weighted by Gasteiger charge is 2.11. The second kappa shape index (κ2) is 6.62. The van der Waals surface area contributed by atoms with Crippen LogP contribution in [0, 0.1) is 5.92 Å². The van der Waals surface area contributed by atoms with Crippen LogP contribution in [-0.4, -0.2) is 11.2 Å². The lowest BCUT2D eigenvalue weighted by atomic mass is 9.93. The van der Waals surface area contributed by atoms with Crippen LogP contribution < -0.4 is 0 Å². The first-order valence-corrected chi connectivity index (χ1v) is 5.96. The Morgan fingerprint density at radius 3 is 2.40 bits per heavy atom. The average Bonchev–Trinajstić information content (AvgIpc) is 2.25. The van der Waals surface area contributed by atoms with E-state index in [1.807, 2.05) is 13.0 Å². The van der Waals surface area contributed by atoms with Crippen LogP contribution in [0.4, 0.5) is 0 Å². The molecule has 0 aromatic heterocycles. The second-order valence-corrected chi connectivity index (χ2v) is 4.29. The summed E-state index contributed by atoms with van der Waals surface area (Å²) in [6.45, 7) is 4.05. The number of hydrogen-bond acceptors (Lipinski definition) is 1. The number of benzene rings is 1. The molecule has 1 aromatic rings. The fourth-order valence-corrected chi connectivity index (χ4v) is 2.00. The summed E-state index contributed by atoms with van der Waals surface area (Å²) >= 11 is 0. The molecule has 2 atom stereocenters. The van der Waals surface area contributed by atoms with Crippen molar-refractivity contribution in [2.75, 3.05) is 0 Å². The highest BCUT2D eigenvalue weighted by Crippen LogP contribution is 2.17. The molecule has 0 aliphatic heterocycles. The predicted octanol–water partition coefficient (Wildman–Crippen LogP) is 3.42. The van der Waals surface area contributed by atoms with Crippen molar-refractivity contribution in [1.82, 2.24) is 0 Å². The van der Waals surface area contributed by atoms with Crippen LogP contribution >= 0.6 is 0 Å². The Bertz CT molecular complexity index is 253. The zero-order valence-electron chi connectivity index (χ0n) is 9.82. The molecule has 15 heavy (non-hydrogen) atoms. The Labute approximate surface area is 93.1 Å². The smallest absolute Gasteiger partial charge is 0.0540 e. The SMILES string of the molecule is CCC(CCCc1ccccc1)C(C)O. The number of aliphatic hydroxyl groups is 1. The highest BCUT2D eigenvalue weighted by molar-refractivity contribution is 5.14. The van der Waals surface area contributed by atoms with Gasteiger partial charge in [-0.2, -0.15) is 0 Å². The number of aryl methyl sites for hydroxylation is 1. The van der Waals surface area contributed by atoms with E-state index >= 15 is 0 Å². The van der Waals surface area contributed by atoms with Crippen LogP contribution in [0.3, 0.4) is 0 Å². The Balaban J connectivity index is 2.27. The lowest BCUT2D eigenvalue weighted by molar-refractivity contribution is 0.116. The van der Waals surface area contributed by atoms with Crippen molar-refractivity contribution in [2.24, 2.45) is 5.92 Å². The first-order valence-electron chi connectivity index (χ1n) is 5.96. The minimum absolute atomic E-state index is 0.161. The zero-order chi connectivity index (χ0) is 11.1. The minimum atomic E-state index is -0.161. The van der Waals surface area contributed by atoms with Gasteiger partial charge in [-0.3, -0.25) is 0 Å². The molecule has 0 aliphatic carbocycles. The van der Waals surface area contributed by atoms with Gasteiger partial charge in [-0.1, -0.05) is 43.7 Å². The quantitative estimate of drug-likeness (QED) is 0.756. The van der Waals surface area contributed by atoms with Crippen molar-refractivity contribution in [1.29, 1.82) is 0 Å². The third-order valence-electron chi connectivity index (χ3n) is 3.09. The molecule has 0 bridgehead atoms. The fourth-order valence-electron chi connectivity index (χ4n) is 2.00. The minimum Gasteiger partial charge on any atom is -0.393 e. The average molecular weight is 206 g/mol.